The van der Waals surface area contributed by atoms with Gasteiger partial charge in [-0.05, 0) is 36.2 Å². The zero-order valence-corrected chi connectivity index (χ0v) is 15.5. The molecule has 0 aliphatic rings. The van der Waals surface area contributed by atoms with Crippen LogP contribution in [0, 0.1) is 6.92 Å². The summed E-state index contributed by atoms with van der Waals surface area (Å²) in [5.41, 5.74) is 0.891. The van der Waals surface area contributed by atoms with Crippen molar-refractivity contribution >= 4 is 27.1 Å². The van der Waals surface area contributed by atoms with Crippen LogP contribution in [-0.2, 0) is 16.4 Å². The molecule has 3 rings (SSSR count). The summed E-state index contributed by atoms with van der Waals surface area (Å²) in [6.45, 7) is 1.84. The van der Waals surface area contributed by atoms with Crippen LogP contribution in [0.5, 0.6) is 0 Å². The lowest BCUT2D eigenvalue weighted by atomic mass is 10.2. The van der Waals surface area contributed by atoms with Gasteiger partial charge in [0.05, 0.1) is 11.4 Å². The van der Waals surface area contributed by atoms with E-state index in [4.69, 9.17) is 5.11 Å². The van der Waals surface area contributed by atoms with Gasteiger partial charge in [-0.25, -0.2) is 27.3 Å². The fraction of sp³-hybridized carbons (Fsp3) is 0.188. The van der Waals surface area contributed by atoms with Crippen molar-refractivity contribution in [2.75, 3.05) is 6.26 Å². The predicted molar refractivity (Wildman–Crippen MR) is 96.1 cm³/mol. The first kappa shape index (κ1) is 18.1. The van der Waals surface area contributed by atoms with Crippen LogP contribution in [0.1, 0.15) is 20.8 Å². The van der Waals surface area contributed by atoms with Crippen molar-refractivity contribution in [3.05, 3.63) is 63.1 Å². The number of aromatic carboxylic acids is 1. The summed E-state index contributed by atoms with van der Waals surface area (Å²) < 4.78 is 25.5. The zero-order chi connectivity index (χ0) is 19.1. The zero-order valence-electron chi connectivity index (χ0n) is 13.9. The topological polar surface area (TPSA) is 111 Å². The van der Waals surface area contributed by atoms with Crippen molar-refractivity contribution < 1.29 is 18.3 Å². The van der Waals surface area contributed by atoms with E-state index in [1.54, 1.807) is 25.1 Å². The second kappa shape index (κ2) is 6.54. The molecule has 136 valence electrons. The maximum atomic E-state index is 12.5. The smallest absolute Gasteiger partial charge is 0.351 e. The molecule has 1 N–H and O–H groups in total. The van der Waals surface area contributed by atoms with Gasteiger partial charge in [-0.3, -0.25) is 0 Å². The van der Waals surface area contributed by atoms with Crippen LogP contribution in [0.25, 0.3) is 5.00 Å². The summed E-state index contributed by atoms with van der Waals surface area (Å²) in [5.74, 6) is -1.04. The number of hydrogen-bond donors (Lipinski definition) is 1. The predicted octanol–water partition coefficient (Wildman–Crippen LogP) is 1.55. The van der Waals surface area contributed by atoms with Gasteiger partial charge in [0, 0.05) is 6.26 Å². The fourth-order valence-corrected chi connectivity index (χ4v) is 4.01. The Balaban J connectivity index is 1.89. The Morgan fingerprint density at radius 3 is 2.46 bits per heavy atom. The average Bonchev–Trinajstić information content (AvgIpc) is 3.11. The molecule has 0 saturated carbocycles. The van der Waals surface area contributed by atoms with Gasteiger partial charge in [0.25, 0.3) is 0 Å². The lowest BCUT2D eigenvalue weighted by Gasteiger charge is -2.02. The summed E-state index contributed by atoms with van der Waals surface area (Å²) in [6, 6.07) is 7.84. The van der Waals surface area contributed by atoms with Crippen LogP contribution in [0.2, 0.25) is 0 Å². The monoisotopic (exact) mass is 393 g/mol. The van der Waals surface area contributed by atoms with Crippen LogP contribution in [0.4, 0.5) is 0 Å². The molecular weight excluding hydrogens is 378 g/mol. The van der Waals surface area contributed by atoms with E-state index < -0.39 is 21.5 Å². The number of aryl methyl sites for hydroxylation is 1. The molecule has 8 nitrogen and oxygen atoms in total. The van der Waals surface area contributed by atoms with Crippen molar-refractivity contribution in [2.45, 2.75) is 18.4 Å². The van der Waals surface area contributed by atoms with E-state index in [0.717, 1.165) is 23.2 Å². The first-order valence-electron chi connectivity index (χ1n) is 7.44. The number of thiophene rings is 1. The quantitative estimate of drug-likeness (QED) is 0.704. The molecule has 0 saturated heterocycles. The lowest BCUT2D eigenvalue weighted by molar-refractivity contribution is 0.0701. The SMILES string of the molecule is Cc1cc(-n2cnn(Cc3ccc(S(C)(=O)=O)cc3)c2=O)sc1C(=O)O. The summed E-state index contributed by atoms with van der Waals surface area (Å²) in [6.07, 6.45) is 2.46. The molecule has 0 aliphatic heterocycles. The molecule has 0 radical (unpaired) electrons. The molecule has 0 atom stereocenters. The number of benzene rings is 1. The van der Waals surface area contributed by atoms with Crippen LogP contribution < -0.4 is 5.69 Å². The van der Waals surface area contributed by atoms with Gasteiger partial charge in [-0.1, -0.05) is 12.1 Å². The number of carboxylic acid groups (broad SMARTS) is 1. The Bertz CT molecular complexity index is 1140. The van der Waals surface area contributed by atoms with E-state index in [2.05, 4.69) is 5.10 Å². The molecule has 0 unspecified atom stereocenters. The third kappa shape index (κ3) is 3.46. The van der Waals surface area contributed by atoms with Gasteiger partial charge >= 0.3 is 11.7 Å². The maximum absolute atomic E-state index is 12.5. The molecule has 1 aromatic carbocycles. The molecule has 0 fully saturated rings. The summed E-state index contributed by atoms with van der Waals surface area (Å²) >= 11 is 1.00. The van der Waals surface area contributed by atoms with Crippen LogP contribution >= 0.6 is 11.3 Å². The number of nitrogens with zero attached hydrogens (tertiary/aromatic N) is 3. The van der Waals surface area contributed by atoms with Crippen LogP contribution in [0.3, 0.4) is 0 Å². The molecule has 2 heterocycles. The molecule has 26 heavy (non-hydrogen) atoms. The maximum Gasteiger partial charge on any atom is 0.351 e. The highest BCUT2D eigenvalue weighted by Gasteiger charge is 2.16. The van der Waals surface area contributed by atoms with Gasteiger partial charge in [0.1, 0.15) is 16.2 Å². The summed E-state index contributed by atoms with van der Waals surface area (Å²) in [5, 5.41) is 13.7. The van der Waals surface area contributed by atoms with E-state index >= 15 is 0 Å². The standard InChI is InChI=1S/C16H15N3O5S2/c1-10-7-13(25-14(10)15(20)21)18-9-17-19(16(18)22)8-11-3-5-12(6-4-11)26(2,23)24/h3-7,9H,8H2,1-2H3,(H,20,21). The summed E-state index contributed by atoms with van der Waals surface area (Å²) in [7, 11) is -3.28. The molecule has 3 aromatic rings. The second-order valence-corrected chi connectivity index (χ2v) is 8.81. The highest BCUT2D eigenvalue weighted by Crippen LogP contribution is 2.24. The van der Waals surface area contributed by atoms with E-state index in [1.165, 1.54) is 27.7 Å². The Hall–Kier alpha value is -2.72. The number of carboxylic acids is 1. The van der Waals surface area contributed by atoms with Crippen LogP contribution in [0.15, 0.2) is 46.3 Å². The Labute approximate surface area is 152 Å². The average molecular weight is 393 g/mol. The highest BCUT2D eigenvalue weighted by atomic mass is 32.2. The van der Waals surface area contributed by atoms with Gasteiger partial charge in [-0.2, -0.15) is 5.10 Å². The molecule has 2 aromatic heterocycles. The Morgan fingerprint density at radius 2 is 1.92 bits per heavy atom. The Kier molecular flexibility index (Phi) is 4.55. The second-order valence-electron chi connectivity index (χ2n) is 5.76. The van der Waals surface area contributed by atoms with Gasteiger partial charge in [0.2, 0.25) is 0 Å². The minimum Gasteiger partial charge on any atom is -0.477 e. The highest BCUT2D eigenvalue weighted by molar-refractivity contribution is 7.90. The number of rotatable bonds is 5. The third-order valence-corrected chi connectivity index (χ3v) is 6.11. The van der Waals surface area contributed by atoms with Crippen molar-refractivity contribution in [3.63, 3.8) is 0 Å². The number of hydrogen-bond acceptors (Lipinski definition) is 6. The number of aromatic nitrogens is 3. The normalized spacial score (nSPS) is 11.6. The van der Waals surface area contributed by atoms with Crippen molar-refractivity contribution in [1.82, 2.24) is 14.3 Å². The Morgan fingerprint density at radius 1 is 1.27 bits per heavy atom. The van der Waals surface area contributed by atoms with Crippen molar-refractivity contribution in [1.29, 1.82) is 0 Å². The van der Waals surface area contributed by atoms with Crippen molar-refractivity contribution in [2.24, 2.45) is 0 Å². The minimum atomic E-state index is -3.28. The first-order chi connectivity index (χ1) is 12.2. The first-order valence-corrected chi connectivity index (χ1v) is 10.1. The third-order valence-electron chi connectivity index (χ3n) is 3.75. The summed E-state index contributed by atoms with van der Waals surface area (Å²) in [4.78, 5) is 24.1. The minimum absolute atomic E-state index is 0.173. The molecule has 0 bridgehead atoms. The van der Waals surface area contributed by atoms with E-state index in [9.17, 15) is 18.0 Å². The molecule has 10 heteroatoms. The molecule has 0 amide bonds. The number of carbonyl (C=O) groups is 1. The van der Waals surface area contributed by atoms with E-state index in [-0.39, 0.29) is 16.3 Å². The van der Waals surface area contributed by atoms with Gasteiger partial charge in [0.15, 0.2) is 9.84 Å². The van der Waals surface area contributed by atoms with Crippen LogP contribution in [-0.4, -0.2) is 40.1 Å². The number of sulfone groups is 1. The molecule has 0 aliphatic carbocycles. The molecule has 0 spiro atoms. The van der Waals surface area contributed by atoms with Gasteiger partial charge in [-0.15, -0.1) is 11.3 Å². The van der Waals surface area contributed by atoms with Crippen molar-refractivity contribution in [3.8, 4) is 5.00 Å². The lowest BCUT2D eigenvalue weighted by Crippen LogP contribution is -2.23. The van der Waals surface area contributed by atoms with Gasteiger partial charge < -0.3 is 5.11 Å². The van der Waals surface area contributed by atoms with E-state index in [0.29, 0.717) is 10.6 Å². The fourth-order valence-electron chi connectivity index (χ4n) is 2.41. The largest absolute Gasteiger partial charge is 0.477 e. The molecular formula is C16H15N3O5S2. The van der Waals surface area contributed by atoms with E-state index in [1.807, 2.05) is 0 Å².